The van der Waals surface area contributed by atoms with Crippen molar-refractivity contribution in [3.63, 3.8) is 0 Å². The minimum Gasteiger partial charge on any atom is -0.479 e. The van der Waals surface area contributed by atoms with Gasteiger partial charge in [0, 0.05) is 25.4 Å². The smallest absolute Gasteiger partial charge is 0.332 e. The highest BCUT2D eigenvalue weighted by Crippen LogP contribution is 2.05. The molecule has 0 fully saturated rings. The van der Waals surface area contributed by atoms with Gasteiger partial charge in [0.15, 0.2) is 6.10 Å². The molecule has 0 aliphatic rings. The number of hydrogen-bond acceptors (Lipinski definition) is 4. The Kier molecular flexibility index (Phi) is 6.58. The Labute approximate surface area is 117 Å². The van der Waals surface area contributed by atoms with Gasteiger partial charge in [-0.15, -0.1) is 0 Å². The van der Waals surface area contributed by atoms with E-state index in [1.54, 1.807) is 6.26 Å². The van der Waals surface area contributed by atoms with E-state index in [4.69, 9.17) is 14.6 Å². The summed E-state index contributed by atoms with van der Waals surface area (Å²) in [5.41, 5.74) is 0. The first-order valence-corrected chi connectivity index (χ1v) is 6.46. The van der Waals surface area contributed by atoms with E-state index in [0.717, 1.165) is 18.6 Å². The maximum atomic E-state index is 11.5. The summed E-state index contributed by atoms with van der Waals surface area (Å²) in [6.45, 7) is 1.97. The number of aliphatic hydroxyl groups is 1. The molecule has 7 nitrogen and oxygen atoms in total. The van der Waals surface area contributed by atoms with Crippen LogP contribution in [0.5, 0.6) is 0 Å². The second-order valence-corrected chi connectivity index (χ2v) is 4.56. The van der Waals surface area contributed by atoms with Gasteiger partial charge >= 0.3 is 12.0 Å². The Morgan fingerprint density at radius 3 is 2.75 bits per heavy atom. The van der Waals surface area contributed by atoms with E-state index >= 15 is 0 Å². The number of carbonyl (C=O) groups excluding carboxylic acids is 1. The zero-order valence-electron chi connectivity index (χ0n) is 11.3. The molecular formula is C13H20N2O5. The average Bonchev–Trinajstić information content (AvgIpc) is 2.89. The summed E-state index contributed by atoms with van der Waals surface area (Å²) >= 11 is 0. The minimum absolute atomic E-state index is 0.0243. The molecule has 0 spiro atoms. The quantitative estimate of drug-likeness (QED) is 0.562. The lowest BCUT2D eigenvalue weighted by Gasteiger charge is -2.14. The van der Waals surface area contributed by atoms with Crippen LogP contribution in [0, 0.1) is 0 Å². The van der Waals surface area contributed by atoms with Crippen LogP contribution in [0.4, 0.5) is 4.79 Å². The second kappa shape index (κ2) is 8.21. The molecule has 0 saturated carbocycles. The Balaban J connectivity index is 2.13. The molecule has 1 heterocycles. The van der Waals surface area contributed by atoms with Crippen LogP contribution in [0.25, 0.3) is 0 Å². The maximum absolute atomic E-state index is 11.5. The topological polar surface area (TPSA) is 112 Å². The van der Waals surface area contributed by atoms with Crippen LogP contribution in [0.1, 0.15) is 25.5 Å². The van der Waals surface area contributed by atoms with Crippen LogP contribution in [0.2, 0.25) is 0 Å². The van der Waals surface area contributed by atoms with E-state index in [1.165, 1.54) is 0 Å². The highest BCUT2D eigenvalue weighted by atomic mass is 16.4. The summed E-state index contributed by atoms with van der Waals surface area (Å²) in [5.74, 6) is -0.428. The van der Waals surface area contributed by atoms with Crippen LogP contribution in [0.3, 0.4) is 0 Å². The van der Waals surface area contributed by atoms with Gasteiger partial charge in [-0.1, -0.05) is 0 Å². The standard InChI is InChI=1S/C13H20N2O5/c1-9(4-5-10-3-2-8-20-10)15-13(19)14-7-6-11(16)12(17)18/h2-3,8-9,11,16H,4-7H2,1H3,(H,17,18)(H2,14,15,19). The van der Waals surface area contributed by atoms with Crippen LogP contribution < -0.4 is 10.6 Å². The number of amides is 2. The van der Waals surface area contributed by atoms with Crippen molar-refractivity contribution >= 4 is 12.0 Å². The monoisotopic (exact) mass is 284 g/mol. The van der Waals surface area contributed by atoms with E-state index in [-0.39, 0.29) is 25.0 Å². The number of nitrogens with one attached hydrogen (secondary N) is 2. The van der Waals surface area contributed by atoms with Crippen molar-refractivity contribution in [3.8, 4) is 0 Å². The highest BCUT2D eigenvalue weighted by molar-refractivity contribution is 5.74. The van der Waals surface area contributed by atoms with Crippen molar-refractivity contribution < 1.29 is 24.2 Å². The fourth-order valence-corrected chi connectivity index (χ4v) is 1.61. The third kappa shape index (κ3) is 6.24. The van der Waals surface area contributed by atoms with Gasteiger partial charge in [-0.3, -0.25) is 0 Å². The first-order chi connectivity index (χ1) is 9.49. The predicted octanol–water partition coefficient (Wildman–Crippen LogP) is 0.736. The molecule has 2 unspecified atom stereocenters. The fourth-order valence-electron chi connectivity index (χ4n) is 1.61. The normalized spacial score (nSPS) is 13.5. The Morgan fingerprint density at radius 2 is 2.15 bits per heavy atom. The van der Waals surface area contributed by atoms with E-state index in [2.05, 4.69) is 10.6 Å². The van der Waals surface area contributed by atoms with Crippen molar-refractivity contribution in [2.24, 2.45) is 0 Å². The number of carboxylic acid groups (broad SMARTS) is 1. The number of aliphatic hydroxyl groups excluding tert-OH is 1. The van der Waals surface area contributed by atoms with E-state index in [9.17, 15) is 9.59 Å². The number of carbonyl (C=O) groups is 2. The van der Waals surface area contributed by atoms with Crippen molar-refractivity contribution in [3.05, 3.63) is 24.2 Å². The zero-order valence-corrected chi connectivity index (χ0v) is 11.3. The lowest BCUT2D eigenvalue weighted by molar-refractivity contribution is -0.146. The van der Waals surface area contributed by atoms with Gasteiger partial charge in [0.2, 0.25) is 0 Å². The molecule has 1 rings (SSSR count). The predicted molar refractivity (Wildman–Crippen MR) is 71.3 cm³/mol. The van der Waals surface area contributed by atoms with Crippen LogP contribution in [-0.4, -0.2) is 40.9 Å². The van der Waals surface area contributed by atoms with Gasteiger partial charge in [-0.05, 0) is 25.5 Å². The molecule has 112 valence electrons. The lowest BCUT2D eigenvalue weighted by Crippen LogP contribution is -2.42. The third-order valence-corrected chi connectivity index (χ3v) is 2.77. The molecule has 0 bridgehead atoms. The molecule has 2 atom stereocenters. The van der Waals surface area contributed by atoms with Crippen molar-refractivity contribution in [1.82, 2.24) is 10.6 Å². The third-order valence-electron chi connectivity index (χ3n) is 2.77. The first kappa shape index (κ1) is 16.0. The largest absolute Gasteiger partial charge is 0.479 e. The summed E-state index contributed by atoms with van der Waals surface area (Å²) in [4.78, 5) is 21.9. The molecule has 7 heteroatoms. The summed E-state index contributed by atoms with van der Waals surface area (Å²) in [7, 11) is 0. The molecule has 0 radical (unpaired) electrons. The zero-order chi connectivity index (χ0) is 15.0. The number of aliphatic carboxylic acids is 1. The van der Waals surface area contributed by atoms with Gasteiger partial charge in [0.05, 0.1) is 6.26 Å². The summed E-state index contributed by atoms with van der Waals surface area (Å²) in [6, 6.07) is 3.27. The molecular weight excluding hydrogens is 264 g/mol. The number of rotatable bonds is 8. The Morgan fingerprint density at radius 1 is 1.40 bits per heavy atom. The lowest BCUT2D eigenvalue weighted by atomic mass is 10.1. The van der Waals surface area contributed by atoms with Gasteiger partial charge in [0.1, 0.15) is 5.76 Å². The number of aryl methyl sites for hydroxylation is 1. The van der Waals surface area contributed by atoms with Crippen molar-refractivity contribution in [2.45, 2.75) is 38.3 Å². The Bertz CT molecular complexity index is 418. The maximum Gasteiger partial charge on any atom is 0.332 e. The van der Waals surface area contributed by atoms with Crippen LogP contribution >= 0.6 is 0 Å². The SMILES string of the molecule is CC(CCc1ccco1)NC(=O)NCCC(O)C(=O)O. The molecule has 0 aliphatic carbocycles. The van der Waals surface area contributed by atoms with E-state index in [1.807, 2.05) is 19.1 Å². The van der Waals surface area contributed by atoms with Gasteiger partial charge in [-0.2, -0.15) is 0 Å². The van der Waals surface area contributed by atoms with Crippen LogP contribution in [-0.2, 0) is 11.2 Å². The number of carboxylic acids is 1. The molecule has 4 N–H and O–H groups in total. The van der Waals surface area contributed by atoms with Crippen LogP contribution in [0.15, 0.2) is 22.8 Å². The molecule has 0 saturated heterocycles. The highest BCUT2D eigenvalue weighted by Gasteiger charge is 2.13. The summed E-state index contributed by atoms with van der Waals surface area (Å²) in [6.07, 6.45) is 1.59. The molecule has 1 aromatic rings. The second-order valence-electron chi connectivity index (χ2n) is 4.56. The average molecular weight is 284 g/mol. The number of urea groups is 1. The first-order valence-electron chi connectivity index (χ1n) is 6.46. The fraction of sp³-hybridized carbons (Fsp3) is 0.538. The van der Waals surface area contributed by atoms with Crippen molar-refractivity contribution in [1.29, 1.82) is 0 Å². The number of furan rings is 1. The minimum atomic E-state index is -1.45. The number of hydrogen-bond donors (Lipinski definition) is 4. The van der Waals surface area contributed by atoms with E-state index in [0.29, 0.717) is 0 Å². The van der Waals surface area contributed by atoms with E-state index < -0.39 is 12.1 Å². The van der Waals surface area contributed by atoms with Gasteiger partial charge in [-0.25, -0.2) is 9.59 Å². The summed E-state index contributed by atoms with van der Waals surface area (Å²) in [5, 5.41) is 22.7. The molecule has 2 amide bonds. The van der Waals surface area contributed by atoms with Crippen molar-refractivity contribution in [2.75, 3.05) is 6.54 Å². The summed E-state index contributed by atoms with van der Waals surface area (Å²) < 4.78 is 5.19. The molecule has 1 aromatic heterocycles. The molecule has 0 aromatic carbocycles. The Hall–Kier alpha value is -2.02. The molecule has 20 heavy (non-hydrogen) atoms. The molecule has 0 aliphatic heterocycles. The van der Waals surface area contributed by atoms with Gasteiger partial charge in [0.25, 0.3) is 0 Å². The van der Waals surface area contributed by atoms with Gasteiger partial charge < -0.3 is 25.3 Å².